The Morgan fingerprint density at radius 1 is 1.43 bits per heavy atom. The van der Waals surface area contributed by atoms with Gasteiger partial charge in [-0.3, -0.25) is 9.69 Å². The van der Waals surface area contributed by atoms with E-state index in [2.05, 4.69) is 0 Å². The molecule has 0 aromatic heterocycles. The predicted molar refractivity (Wildman–Crippen MR) is 85.6 cm³/mol. The number of rotatable bonds is 5. The number of benzene rings is 1. The van der Waals surface area contributed by atoms with Crippen molar-refractivity contribution in [3.05, 3.63) is 39.8 Å². The van der Waals surface area contributed by atoms with Gasteiger partial charge in [0.05, 0.1) is 4.91 Å². The van der Waals surface area contributed by atoms with E-state index in [-0.39, 0.29) is 18.9 Å². The summed E-state index contributed by atoms with van der Waals surface area (Å²) in [6.07, 6.45) is 1.91. The highest BCUT2D eigenvalue weighted by atomic mass is 35.5. The summed E-state index contributed by atoms with van der Waals surface area (Å²) in [4.78, 5) is 24.5. The first kappa shape index (κ1) is 16.0. The first-order valence-electron chi connectivity index (χ1n) is 6.19. The minimum Gasteiger partial charge on any atom is -0.550 e. The molecule has 1 aromatic rings. The monoisotopic (exact) mass is 340 g/mol. The first-order chi connectivity index (χ1) is 9.99. The summed E-state index contributed by atoms with van der Waals surface area (Å²) in [6, 6.07) is 7.20. The van der Waals surface area contributed by atoms with Crippen LogP contribution in [0.5, 0.6) is 0 Å². The summed E-state index contributed by atoms with van der Waals surface area (Å²) in [5.74, 6) is -1.35. The van der Waals surface area contributed by atoms with Crippen LogP contribution >= 0.6 is 35.6 Å². The Kier molecular flexibility index (Phi) is 5.39. The van der Waals surface area contributed by atoms with E-state index in [4.69, 9.17) is 23.8 Å². The van der Waals surface area contributed by atoms with E-state index < -0.39 is 5.97 Å². The summed E-state index contributed by atoms with van der Waals surface area (Å²) in [6.45, 7) is 0.276. The molecule has 1 aliphatic heterocycles. The Morgan fingerprint density at radius 2 is 2.14 bits per heavy atom. The van der Waals surface area contributed by atoms with Gasteiger partial charge in [-0.1, -0.05) is 53.8 Å². The number of carbonyl (C=O) groups is 2. The second-order valence-corrected chi connectivity index (χ2v) is 6.41. The topological polar surface area (TPSA) is 60.4 Å². The van der Waals surface area contributed by atoms with Crippen LogP contribution in [0.2, 0.25) is 5.02 Å². The Labute approximate surface area is 136 Å². The van der Waals surface area contributed by atoms with E-state index in [0.29, 0.717) is 20.7 Å². The molecule has 21 heavy (non-hydrogen) atoms. The van der Waals surface area contributed by atoms with Crippen LogP contribution in [0.4, 0.5) is 0 Å². The molecule has 1 aliphatic rings. The number of carboxylic acids is 1. The normalized spacial score (nSPS) is 16.8. The van der Waals surface area contributed by atoms with Gasteiger partial charge in [-0.25, -0.2) is 0 Å². The van der Waals surface area contributed by atoms with Gasteiger partial charge in [-0.05, 0) is 30.5 Å². The predicted octanol–water partition coefficient (Wildman–Crippen LogP) is 2.07. The average Bonchev–Trinajstić information content (AvgIpc) is 2.68. The molecule has 2 rings (SSSR count). The van der Waals surface area contributed by atoms with Crippen LogP contribution in [0.1, 0.15) is 18.4 Å². The molecule has 0 saturated carbocycles. The fourth-order valence-electron chi connectivity index (χ4n) is 1.81. The van der Waals surface area contributed by atoms with Crippen molar-refractivity contribution in [2.75, 3.05) is 6.54 Å². The van der Waals surface area contributed by atoms with E-state index >= 15 is 0 Å². The second-order valence-electron chi connectivity index (χ2n) is 4.33. The Balaban J connectivity index is 2.11. The third-order valence-corrected chi connectivity index (χ3v) is 4.55. The molecule has 0 bridgehead atoms. The van der Waals surface area contributed by atoms with E-state index in [9.17, 15) is 14.7 Å². The second kappa shape index (κ2) is 7.06. The summed E-state index contributed by atoms with van der Waals surface area (Å²) < 4.78 is 0.427. The van der Waals surface area contributed by atoms with Crippen LogP contribution in [0.15, 0.2) is 29.2 Å². The Hall–Kier alpha value is -1.37. The van der Waals surface area contributed by atoms with Crippen LogP contribution < -0.4 is 5.11 Å². The van der Waals surface area contributed by atoms with Crippen molar-refractivity contribution >= 4 is 57.9 Å². The van der Waals surface area contributed by atoms with Crippen molar-refractivity contribution in [3.8, 4) is 0 Å². The zero-order valence-electron chi connectivity index (χ0n) is 10.9. The molecular weight excluding hydrogens is 330 g/mol. The standard InChI is InChI=1S/C14H12ClNO3S2/c15-10-5-2-1-4-9(10)8-11-13(19)16(14(20)21-11)7-3-6-12(17)18/h1-2,4-5,8H,3,6-7H2,(H,17,18)/p-1/b11-8-. The van der Waals surface area contributed by atoms with Crippen molar-refractivity contribution < 1.29 is 14.7 Å². The zero-order valence-corrected chi connectivity index (χ0v) is 13.3. The van der Waals surface area contributed by atoms with Crippen molar-refractivity contribution in [1.29, 1.82) is 0 Å². The fraction of sp³-hybridized carbons (Fsp3) is 0.214. The molecule has 110 valence electrons. The number of nitrogens with zero attached hydrogens (tertiary/aromatic N) is 1. The third-order valence-electron chi connectivity index (χ3n) is 2.83. The van der Waals surface area contributed by atoms with E-state index in [1.165, 1.54) is 16.7 Å². The summed E-state index contributed by atoms with van der Waals surface area (Å²) in [7, 11) is 0. The van der Waals surface area contributed by atoms with Gasteiger partial charge in [0.15, 0.2) is 0 Å². The minimum absolute atomic E-state index is 0.0966. The number of carbonyl (C=O) groups excluding carboxylic acids is 2. The van der Waals surface area contributed by atoms with Crippen LogP contribution in [0, 0.1) is 0 Å². The molecule has 0 N–H and O–H groups in total. The summed E-state index contributed by atoms with van der Waals surface area (Å²) in [5.41, 5.74) is 0.745. The van der Waals surface area contributed by atoms with Gasteiger partial charge < -0.3 is 9.90 Å². The van der Waals surface area contributed by atoms with E-state index in [1.807, 2.05) is 18.2 Å². The number of aliphatic carboxylic acids is 1. The number of halogens is 1. The highest BCUT2D eigenvalue weighted by molar-refractivity contribution is 8.26. The molecule has 4 nitrogen and oxygen atoms in total. The van der Waals surface area contributed by atoms with Gasteiger partial charge in [0.1, 0.15) is 4.32 Å². The van der Waals surface area contributed by atoms with Gasteiger partial charge in [0, 0.05) is 17.5 Å². The summed E-state index contributed by atoms with van der Waals surface area (Å²) in [5, 5.41) is 11.0. The maximum atomic E-state index is 12.3. The van der Waals surface area contributed by atoms with E-state index in [1.54, 1.807) is 12.1 Å². The Morgan fingerprint density at radius 3 is 2.81 bits per heavy atom. The maximum Gasteiger partial charge on any atom is 0.266 e. The van der Waals surface area contributed by atoms with Crippen molar-refractivity contribution in [3.63, 3.8) is 0 Å². The molecule has 0 spiro atoms. The largest absolute Gasteiger partial charge is 0.550 e. The van der Waals surface area contributed by atoms with Crippen molar-refractivity contribution in [2.24, 2.45) is 0 Å². The van der Waals surface area contributed by atoms with Crippen molar-refractivity contribution in [1.82, 2.24) is 4.90 Å². The molecule has 0 unspecified atom stereocenters. The lowest BCUT2D eigenvalue weighted by atomic mass is 10.2. The smallest absolute Gasteiger partial charge is 0.266 e. The first-order valence-corrected chi connectivity index (χ1v) is 7.79. The average molecular weight is 341 g/mol. The van der Waals surface area contributed by atoms with Gasteiger partial charge in [-0.15, -0.1) is 0 Å². The number of hydrogen-bond acceptors (Lipinski definition) is 5. The van der Waals surface area contributed by atoms with Gasteiger partial charge in [-0.2, -0.15) is 0 Å². The summed E-state index contributed by atoms with van der Waals surface area (Å²) >= 11 is 12.4. The van der Waals surface area contributed by atoms with Crippen LogP contribution in [0.3, 0.4) is 0 Å². The van der Waals surface area contributed by atoms with Crippen LogP contribution in [-0.4, -0.2) is 27.6 Å². The molecule has 0 atom stereocenters. The number of amides is 1. The molecule has 1 saturated heterocycles. The lowest BCUT2D eigenvalue weighted by Crippen LogP contribution is -2.30. The lowest BCUT2D eigenvalue weighted by molar-refractivity contribution is -0.305. The third kappa shape index (κ3) is 4.06. The van der Waals surface area contributed by atoms with Crippen LogP contribution in [0.25, 0.3) is 6.08 Å². The van der Waals surface area contributed by atoms with E-state index in [0.717, 1.165) is 5.56 Å². The fourth-order valence-corrected chi connectivity index (χ4v) is 3.30. The molecule has 1 fully saturated rings. The molecular formula is C14H11ClNO3S2-. The zero-order chi connectivity index (χ0) is 15.4. The lowest BCUT2D eigenvalue weighted by Gasteiger charge is -2.14. The highest BCUT2D eigenvalue weighted by Gasteiger charge is 2.31. The van der Waals surface area contributed by atoms with Gasteiger partial charge in [0.2, 0.25) is 0 Å². The molecule has 1 amide bonds. The Bertz CT molecular complexity index is 630. The van der Waals surface area contributed by atoms with Gasteiger partial charge in [0.25, 0.3) is 5.91 Å². The molecule has 0 radical (unpaired) electrons. The number of thioether (sulfide) groups is 1. The minimum atomic E-state index is -1.13. The number of thiocarbonyl (C=S) groups is 1. The van der Waals surface area contributed by atoms with Crippen LogP contribution in [-0.2, 0) is 9.59 Å². The quantitative estimate of drug-likeness (QED) is 0.606. The molecule has 7 heteroatoms. The maximum absolute atomic E-state index is 12.3. The highest BCUT2D eigenvalue weighted by Crippen LogP contribution is 2.33. The SMILES string of the molecule is O=C([O-])CCCN1C(=O)/C(=C/c2ccccc2Cl)SC1=S. The number of carboxylic acid groups (broad SMARTS) is 1. The van der Waals surface area contributed by atoms with Crippen molar-refractivity contribution in [2.45, 2.75) is 12.8 Å². The molecule has 0 aliphatic carbocycles. The number of hydrogen-bond donors (Lipinski definition) is 0. The molecule has 1 aromatic carbocycles. The molecule has 1 heterocycles. The van der Waals surface area contributed by atoms with Gasteiger partial charge >= 0.3 is 0 Å².